The lowest BCUT2D eigenvalue weighted by Gasteiger charge is -2.45. The number of nitrogens with zero attached hydrogens (tertiary/aromatic N) is 2. The summed E-state index contributed by atoms with van der Waals surface area (Å²) in [6.07, 6.45) is 1.97. The highest BCUT2D eigenvalue weighted by Crippen LogP contribution is 2.63. The summed E-state index contributed by atoms with van der Waals surface area (Å²) >= 11 is 0. The summed E-state index contributed by atoms with van der Waals surface area (Å²) in [5, 5.41) is 9.11. The van der Waals surface area contributed by atoms with Gasteiger partial charge >= 0.3 is 0 Å². The fourth-order valence-corrected chi connectivity index (χ4v) is 10.2. The molecule has 1 aliphatic carbocycles. The van der Waals surface area contributed by atoms with Crippen LogP contribution in [0.2, 0.25) is 0 Å². The minimum Gasteiger partial charge on any atom is -0.345 e. The summed E-state index contributed by atoms with van der Waals surface area (Å²) in [6, 6.07) is 84.4. The molecular formula is C61H42N4. The second-order valence-corrected chi connectivity index (χ2v) is 16.8. The van der Waals surface area contributed by atoms with Gasteiger partial charge in [-0.25, -0.2) is 4.99 Å². The van der Waals surface area contributed by atoms with Crippen molar-refractivity contribution in [2.75, 3.05) is 4.90 Å². The monoisotopic (exact) mass is 830 g/mol. The van der Waals surface area contributed by atoms with Crippen LogP contribution in [0.3, 0.4) is 0 Å². The molecule has 12 rings (SSSR count). The van der Waals surface area contributed by atoms with Crippen LogP contribution < -0.4 is 10.4 Å². The van der Waals surface area contributed by atoms with E-state index in [-0.39, 0.29) is 5.84 Å². The van der Waals surface area contributed by atoms with Crippen LogP contribution in [0.5, 0.6) is 0 Å². The topological polar surface area (TPSA) is 55.2 Å². The normalized spacial score (nSPS) is 13.2. The number of aromatic amines is 1. The number of benzene rings is 9. The Labute approximate surface area is 378 Å². The summed E-state index contributed by atoms with van der Waals surface area (Å²) in [4.78, 5) is 10.7. The highest BCUT2D eigenvalue weighted by molar-refractivity contribution is 5.98. The average Bonchev–Trinajstić information content (AvgIpc) is 3.67. The number of amidine groups is 1. The molecule has 10 aromatic rings. The first-order valence-corrected chi connectivity index (χ1v) is 22.1. The summed E-state index contributed by atoms with van der Waals surface area (Å²) in [5.41, 5.74) is 20.7. The highest BCUT2D eigenvalue weighted by Gasteiger charge is 2.51. The van der Waals surface area contributed by atoms with Crippen LogP contribution in [0, 0.1) is 5.41 Å². The van der Waals surface area contributed by atoms with Gasteiger partial charge in [0, 0.05) is 23.0 Å². The third-order valence-corrected chi connectivity index (χ3v) is 13.2. The molecule has 0 fully saturated rings. The minimum atomic E-state index is -0.521. The van der Waals surface area contributed by atoms with E-state index in [0.29, 0.717) is 5.49 Å². The molecule has 65 heavy (non-hydrogen) atoms. The Balaban J connectivity index is 0.914. The quantitative estimate of drug-likeness (QED) is 0.127. The third-order valence-electron chi connectivity index (χ3n) is 13.2. The Hall–Kier alpha value is -8.60. The Morgan fingerprint density at radius 1 is 0.385 bits per heavy atom. The van der Waals surface area contributed by atoms with Crippen molar-refractivity contribution in [3.8, 4) is 55.6 Å². The number of aromatic nitrogens is 1. The zero-order chi connectivity index (χ0) is 43.3. The molecule has 1 aromatic heterocycles. The lowest BCUT2D eigenvalue weighted by atomic mass is 9.64. The molecular weight excluding hydrogens is 789 g/mol. The van der Waals surface area contributed by atoms with Crippen molar-refractivity contribution in [2.45, 2.75) is 5.41 Å². The standard InChI is InChI=1S/C61H42N4/c62-59(64-60-52(43-19-6-2-7-20-43)38-48(40-63-60)41-17-4-1-5-18-41)44-33-31-42(32-34-44)45-21-16-22-46(37-45)47-35-36-51-50-25-10-11-26-53(50)61(56(51)39-47)54-27-12-14-29-57(54)65(49-23-8-3-9-24-49)58-30-15-13-28-55(58)61/h1-40H,(H2,62,63,64). The van der Waals surface area contributed by atoms with E-state index in [2.05, 4.69) is 198 Å². The second kappa shape index (κ2) is 15.6. The molecule has 0 unspecified atom stereocenters. The third kappa shape index (κ3) is 6.30. The largest absolute Gasteiger partial charge is 0.345 e. The van der Waals surface area contributed by atoms with E-state index in [0.717, 1.165) is 50.2 Å². The molecule has 4 nitrogen and oxygen atoms in total. The van der Waals surface area contributed by atoms with Gasteiger partial charge in [0.1, 0.15) is 5.49 Å². The smallest absolute Gasteiger partial charge is 0.154 e. The van der Waals surface area contributed by atoms with Gasteiger partial charge in [0.2, 0.25) is 0 Å². The SMILES string of the molecule is N=C(N=c1[nH]cc(-c2ccccc2)cc1-c1ccccc1)c1ccc(-c2cccc(-c3ccc4c(c3)C3(c5ccccc5-4)c4ccccc4N(c4ccccc4)c4ccccc43)c2)cc1. The van der Waals surface area contributed by atoms with Crippen molar-refractivity contribution >= 4 is 22.9 Å². The molecule has 0 radical (unpaired) electrons. The Kier molecular flexibility index (Phi) is 9.17. The number of fused-ring (bicyclic) bond motifs is 9. The lowest BCUT2D eigenvalue weighted by molar-refractivity contribution is 0.753. The predicted molar refractivity (Wildman–Crippen MR) is 267 cm³/mol. The van der Waals surface area contributed by atoms with Gasteiger partial charge in [-0.05, 0) is 115 Å². The first-order valence-electron chi connectivity index (χ1n) is 22.1. The first kappa shape index (κ1) is 38.1. The number of H-pyrrole nitrogens is 1. The fraction of sp³-hybridized carbons (Fsp3) is 0.0164. The Bertz CT molecular complexity index is 3450. The first-order chi connectivity index (χ1) is 32.1. The van der Waals surface area contributed by atoms with E-state index in [1.54, 1.807) is 0 Å². The summed E-state index contributed by atoms with van der Waals surface area (Å²) in [6.45, 7) is 0. The molecule has 1 aliphatic heterocycles. The Morgan fingerprint density at radius 2 is 0.892 bits per heavy atom. The Morgan fingerprint density at radius 3 is 1.58 bits per heavy atom. The van der Waals surface area contributed by atoms with Crippen LogP contribution >= 0.6 is 0 Å². The number of hydrogen-bond acceptors (Lipinski definition) is 2. The summed E-state index contributed by atoms with van der Waals surface area (Å²) < 4.78 is 0. The predicted octanol–water partition coefficient (Wildman–Crippen LogP) is 14.8. The van der Waals surface area contributed by atoms with E-state index >= 15 is 0 Å². The molecule has 2 N–H and O–H groups in total. The maximum Gasteiger partial charge on any atom is 0.154 e. The zero-order valence-electron chi connectivity index (χ0n) is 35.5. The number of nitrogens with one attached hydrogen (secondary N) is 2. The fourth-order valence-electron chi connectivity index (χ4n) is 10.2. The summed E-state index contributed by atoms with van der Waals surface area (Å²) in [5.74, 6) is 0.192. The average molecular weight is 831 g/mol. The maximum atomic E-state index is 9.11. The van der Waals surface area contributed by atoms with Crippen molar-refractivity contribution in [1.82, 2.24) is 4.98 Å². The van der Waals surface area contributed by atoms with Crippen LogP contribution in [0.1, 0.15) is 27.8 Å². The van der Waals surface area contributed by atoms with Crippen LogP contribution in [0.4, 0.5) is 17.1 Å². The summed E-state index contributed by atoms with van der Waals surface area (Å²) in [7, 11) is 0. The van der Waals surface area contributed by atoms with Crippen LogP contribution in [-0.2, 0) is 5.41 Å². The van der Waals surface area contributed by atoms with Gasteiger partial charge in [-0.3, -0.25) is 5.41 Å². The molecule has 2 heterocycles. The van der Waals surface area contributed by atoms with E-state index in [1.165, 1.54) is 50.3 Å². The molecule has 0 saturated heterocycles. The molecule has 4 heteroatoms. The zero-order valence-corrected chi connectivity index (χ0v) is 35.5. The van der Waals surface area contributed by atoms with Crippen LogP contribution in [-0.4, -0.2) is 10.8 Å². The van der Waals surface area contributed by atoms with Gasteiger partial charge in [0.05, 0.1) is 16.8 Å². The highest BCUT2D eigenvalue weighted by atomic mass is 15.2. The van der Waals surface area contributed by atoms with E-state index in [1.807, 2.05) is 54.7 Å². The van der Waals surface area contributed by atoms with Gasteiger partial charge in [0.25, 0.3) is 0 Å². The van der Waals surface area contributed by atoms with Gasteiger partial charge in [-0.15, -0.1) is 0 Å². The van der Waals surface area contributed by atoms with Crippen molar-refractivity contribution in [3.63, 3.8) is 0 Å². The van der Waals surface area contributed by atoms with E-state index in [9.17, 15) is 0 Å². The van der Waals surface area contributed by atoms with Crippen LogP contribution in [0.15, 0.2) is 248 Å². The molecule has 306 valence electrons. The van der Waals surface area contributed by atoms with Crippen molar-refractivity contribution in [3.05, 3.63) is 276 Å². The minimum absolute atomic E-state index is 0.192. The number of hydrogen-bond donors (Lipinski definition) is 2. The van der Waals surface area contributed by atoms with Gasteiger partial charge in [-0.2, -0.15) is 0 Å². The molecule has 1 spiro atoms. The molecule has 0 amide bonds. The van der Waals surface area contributed by atoms with Crippen molar-refractivity contribution in [1.29, 1.82) is 5.41 Å². The molecule has 0 bridgehead atoms. The second-order valence-electron chi connectivity index (χ2n) is 16.8. The number of pyridine rings is 1. The number of para-hydroxylation sites is 3. The molecule has 0 atom stereocenters. The van der Waals surface area contributed by atoms with Gasteiger partial charge in [-0.1, -0.05) is 194 Å². The van der Waals surface area contributed by atoms with E-state index < -0.39 is 5.41 Å². The van der Waals surface area contributed by atoms with Crippen LogP contribution in [0.25, 0.3) is 55.6 Å². The maximum absolute atomic E-state index is 9.11. The van der Waals surface area contributed by atoms with Gasteiger partial charge < -0.3 is 9.88 Å². The molecule has 2 aliphatic rings. The van der Waals surface area contributed by atoms with Crippen molar-refractivity contribution in [2.24, 2.45) is 4.99 Å². The van der Waals surface area contributed by atoms with Gasteiger partial charge in [0.15, 0.2) is 5.84 Å². The lowest BCUT2D eigenvalue weighted by Crippen LogP contribution is -2.36. The molecule has 0 saturated carbocycles. The van der Waals surface area contributed by atoms with E-state index in [4.69, 9.17) is 10.4 Å². The number of rotatable bonds is 6. The number of anilines is 3. The molecule has 9 aromatic carbocycles. The van der Waals surface area contributed by atoms with Crippen molar-refractivity contribution < 1.29 is 0 Å².